The van der Waals surface area contributed by atoms with Gasteiger partial charge in [-0.3, -0.25) is 4.79 Å². The van der Waals surface area contributed by atoms with Crippen LogP contribution in [0.2, 0.25) is 0 Å². The lowest BCUT2D eigenvalue weighted by atomic mass is 9.89. The molecule has 1 aliphatic heterocycles. The van der Waals surface area contributed by atoms with Crippen LogP contribution in [-0.4, -0.2) is 29.0 Å². The molecule has 0 spiro atoms. The second-order valence-corrected chi connectivity index (χ2v) is 6.41. The molecule has 0 aliphatic carbocycles. The maximum absolute atomic E-state index is 12.8. The molecule has 2 aromatic carbocycles. The van der Waals surface area contributed by atoms with Gasteiger partial charge in [0.05, 0.1) is 0 Å². The number of phenols is 1. The van der Waals surface area contributed by atoms with Gasteiger partial charge in [0.1, 0.15) is 5.75 Å². The Morgan fingerprint density at radius 3 is 2.35 bits per heavy atom. The van der Waals surface area contributed by atoms with E-state index in [1.165, 1.54) is 5.56 Å². The number of carbonyl (C=O) groups is 1. The van der Waals surface area contributed by atoms with Gasteiger partial charge in [-0.25, -0.2) is 0 Å². The second-order valence-electron chi connectivity index (χ2n) is 6.41. The molecular weight excluding hydrogens is 286 g/mol. The molecule has 3 heteroatoms. The summed E-state index contributed by atoms with van der Waals surface area (Å²) in [7, 11) is 0. The van der Waals surface area contributed by atoms with Crippen LogP contribution in [0.4, 0.5) is 0 Å². The van der Waals surface area contributed by atoms with Gasteiger partial charge in [0.25, 0.3) is 5.91 Å². The van der Waals surface area contributed by atoms with E-state index >= 15 is 0 Å². The fourth-order valence-corrected chi connectivity index (χ4v) is 3.32. The molecule has 0 aromatic heterocycles. The lowest BCUT2D eigenvalue weighted by Gasteiger charge is -2.32. The zero-order valence-corrected chi connectivity index (χ0v) is 13.7. The predicted octanol–water partition coefficient (Wildman–Crippen LogP) is 4.03. The monoisotopic (exact) mass is 309 g/mol. The van der Waals surface area contributed by atoms with Gasteiger partial charge in [-0.2, -0.15) is 0 Å². The van der Waals surface area contributed by atoms with Crippen LogP contribution in [0, 0.1) is 13.8 Å². The lowest BCUT2D eigenvalue weighted by molar-refractivity contribution is 0.0712. The normalized spacial score (nSPS) is 15.7. The highest BCUT2D eigenvalue weighted by molar-refractivity contribution is 5.96. The van der Waals surface area contributed by atoms with E-state index in [0.29, 0.717) is 11.7 Å². The van der Waals surface area contributed by atoms with E-state index in [-0.39, 0.29) is 5.91 Å². The van der Waals surface area contributed by atoms with Gasteiger partial charge in [0.15, 0.2) is 0 Å². The largest absolute Gasteiger partial charge is 0.508 e. The van der Waals surface area contributed by atoms with Gasteiger partial charge >= 0.3 is 0 Å². The number of aryl methyl sites for hydroxylation is 1. The molecule has 0 bridgehead atoms. The van der Waals surface area contributed by atoms with Gasteiger partial charge < -0.3 is 10.0 Å². The van der Waals surface area contributed by atoms with Crippen LogP contribution in [0.5, 0.6) is 5.75 Å². The molecule has 23 heavy (non-hydrogen) atoms. The molecule has 120 valence electrons. The van der Waals surface area contributed by atoms with E-state index < -0.39 is 0 Å². The highest BCUT2D eigenvalue weighted by atomic mass is 16.3. The minimum Gasteiger partial charge on any atom is -0.508 e. The van der Waals surface area contributed by atoms with Crippen LogP contribution in [0.1, 0.15) is 45.8 Å². The van der Waals surface area contributed by atoms with E-state index in [1.54, 1.807) is 12.1 Å². The minimum absolute atomic E-state index is 0.148. The van der Waals surface area contributed by atoms with Gasteiger partial charge in [-0.1, -0.05) is 24.3 Å². The number of amides is 1. The van der Waals surface area contributed by atoms with Gasteiger partial charge in [0, 0.05) is 18.7 Å². The maximum atomic E-state index is 12.8. The Labute approximate surface area is 137 Å². The Morgan fingerprint density at radius 1 is 1.04 bits per heavy atom. The first-order chi connectivity index (χ1) is 11.1. The Hall–Kier alpha value is -2.29. The molecule has 0 radical (unpaired) electrons. The summed E-state index contributed by atoms with van der Waals surface area (Å²) < 4.78 is 0. The summed E-state index contributed by atoms with van der Waals surface area (Å²) in [6.45, 7) is 5.64. The van der Waals surface area contributed by atoms with Gasteiger partial charge in [0.2, 0.25) is 0 Å². The van der Waals surface area contributed by atoms with E-state index in [2.05, 4.69) is 0 Å². The number of hydrogen-bond acceptors (Lipinski definition) is 2. The number of carbonyl (C=O) groups excluding carboxylic acids is 1. The highest BCUT2D eigenvalue weighted by Gasteiger charge is 2.25. The zero-order valence-electron chi connectivity index (χ0n) is 13.7. The molecule has 1 amide bonds. The van der Waals surface area contributed by atoms with Crippen molar-refractivity contribution >= 4 is 5.91 Å². The standard InChI is InChI=1S/C20H23NO2/c1-14-4-3-5-19(15(14)2)20(23)21-12-10-17(11-13-21)16-6-8-18(22)9-7-16/h3-9,17,22H,10-13H2,1-2H3. The number of aromatic hydroxyl groups is 1. The summed E-state index contributed by atoms with van der Waals surface area (Å²) in [5.74, 6) is 0.921. The summed E-state index contributed by atoms with van der Waals surface area (Å²) in [4.78, 5) is 14.7. The van der Waals surface area contributed by atoms with Crippen molar-refractivity contribution in [3.8, 4) is 5.75 Å². The van der Waals surface area contributed by atoms with E-state index in [9.17, 15) is 9.90 Å². The van der Waals surface area contributed by atoms with Crippen LogP contribution < -0.4 is 0 Å². The Bertz CT molecular complexity index is 698. The Morgan fingerprint density at radius 2 is 1.70 bits per heavy atom. The average Bonchev–Trinajstić information content (AvgIpc) is 2.58. The number of phenolic OH excluding ortho intramolecular Hbond substituents is 1. The number of likely N-dealkylation sites (tertiary alicyclic amines) is 1. The third-order valence-corrected chi connectivity index (χ3v) is 4.98. The summed E-state index contributed by atoms with van der Waals surface area (Å²) in [5.41, 5.74) is 4.32. The molecule has 0 atom stereocenters. The molecule has 1 saturated heterocycles. The SMILES string of the molecule is Cc1cccc(C(=O)N2CCC(c3ccc(O)cc3)CC2)c1C. The topological polar surface area (TPSA) is 40.5 Å². The summed E-state index contributed by atoms with van der Waals surface area (Å²) in [6.07, 6.45) is 1.95. The van der Waals surface area contributed by atoms with Crippen molar-refractivity contribution in [1.29, 1.82) is 0 Å². The lowest BCUT2D eigenvalue weighted by Crippen LogP contribution is -2.38. The van der Waals surface area contributed by atoms with Crippen LogP contribution >= 0.6 is 0 Å². The van der Waals surface area contributed by atoms with Crippen molar-refractivity contribution in [3.05, 3.63) is 64.7 Å². The Balaban J connectivity index is 1.68. The van der Waals surface area contributed by atoms with Gasteiger partial charge in [-0.05, 0) is 67.5 Å². The number of piperidine rings is 1. The Kier molecular flexibility index (Phi) is 4.37. The first-order valence-electron chi connectivity index (χ1n) is 8.20. The van der Waals surface area contributed by atoms with Crippen molar-refractivity contribution < 1.29 is 9.90 Å². The number of hydrogen-bond donors (Lipinski definition) is 1. The van der Waals surface area contributed by atoms with Crippen LogP contribution in [0.15, 0.2) is 42.5 Å². The molecular formula is C20H23NO2. The number of benzene rings is 2. The predicted molar refractivity (Wildman–Crippen MR) is 91.9 cm³/mol. The van der Waals surface area contributed by atoms with Crippen LogP contribution in [0.3, 0.4) is 0 Å². The summed E-state index contributed by atoms with van der Waals surface area (Å²) in [5, 5.41) is 9.39. The molecule has 0 saturated carbocycles. The molecule has 2 aromatic rings. The second kappa shape index (κ2) is 6.45. The molecule has 1 heterocycles. The van der Waals surface area contributed by atoms with E-state index in [1.807, 2.05) is 49.1 Å². The first-order valence-corrected chi connectivity index (χ1v) is 8.20. The average molecular weight is 309 g/mol. The summed E-state index contributed by atoms with van der Waals surface area (Å²) >= 11 is 0. The maximum Gasteiger partial charge on any atom is 0.254 e. The summed E-state index contributed by atoms with van der Waals surface area (Å²) in [6, 6.07) is 13.4. The zero-order chi connectivity index (χ0) is 16.4. The smallest absolute Gasteiger partial charge is 0.254 e. The van der Waals surface area contributed by atoms with Crippen molar-refractivity contribution in [2.75, 3.05) is 13.1 Å². The van der Waals surface area contributed by atoms with Crippen molar-refractivity contribution in [1.82, 2.24) is 4.90 Å². The molecule has 1 aliphatic rings. The molecule has 3 rings (SSSR count). The first kappa shape index (κ1) is 15.6. The highest BCUT2D eigenvalue weighted by Crippen LogP contribution is 2.30. The van der Waals surface area contributed by atoms with E-state index in [4.69, 9.17) is 0 Å². The third-order valence-electron chi connectivity index (χ3n) is 4.98. The van der Waals surface area contributed by atoms with Crippen LogP contribution in [-0.2, 0) is 0 Å². The number of nitrogens with zero attached hydrogens (tertiary/aromatic N) is 1. The quantitative estimate of drug-likeness (QED) is 0.910. The number of rotatable bonds is 2. The fourth-order valence-electron chi connectivity index (χ4n) is 3.32. The van der Waals surface area contributed by atoms with Gasteiger partial charge in [-0.15, -0.1) is 0 Å². The molecule has 1 N–H and O–H groups in total. The van der Waals surface area contributed by atoms with Crippen LogP contribution in [0.25, 0.3) is 0 Å². The van der Waals surface area contributed by atoms with Crippen molar-refractivity contribution in [3.63, 3.8) is 0 Å². The fraction of sp³-hybridized carbons (Fsp3) is 0.350. The minimum atomic E-state index is 0.148. The molecule has 1 fully saturated rings. The van der Waals surface area contributed by atoms with Crippen molar-refractivity contribution in [2.24, 2.45) is 0 Å². The van der Waals surface area contributed by atoms with E-state index in [0.717, 1.165) is 42.6 Å². The molecule has 3 nitrogen and oxygen atoms in total. The molecule has 0 unspecified atom stereocenters. The third kappa shape index (κ3) is 3.24. The van der Waals surface area contributed by atoms with Crippen molar-refractivity contribution in [2.45, 2.75) is 32.6 Å².